The van der Waals surface area contributed by atoms with Crippen LogP contribution in [0.2, 0.25) is 0 Å². The Kier molecular flexibility index (Phi) is 10.1. The molecule has 4 heterocycles. The monoisotopic (exact) mass is 652 g/mol. The summed E-state index contributed by atoms with van der Waals surface area (Å²) in [6.07, 6.45) is 8.37. The number of piperidine rings is 2. The van der Waals surface area contributed by atoms with Crippen LogP contribution in [0.25, 0.3) is 22.3 Å². The zero-order chi connectivity index (χ0) is 33.5. The summed E-state index contributed by atoms with van der Waals surface area (Å²) >= 11 is 0. The second kappa shape index (κ2) is 14.9. The Labute approximate surface area is 276 Å². The van der Waals surface area contributed by atoms with Crippen molar-refractivity contribution in [2.45, 2.75) is 44.2 Å². The second-order valence-corrected chi connectivity index (χ2v) is 11.8. The standard InChI is InChI=1S/C34H36N8O6/c43-21-22-17-24(5-6-26(22)33(46)39-29-7-8-31(44)40-34(29)47)35-12-16-48-15-11-32(45)41-13-9-25(10-14-41)42-20-23(18-37-42)30-19-36-27-3-1-2-4-28(27)38-30/h1-6,17-21,25,29,35H,7-16H2,(H,39,46)(H,40,44,47). The van der Waals surface area contributed by atoms with Gasteiger partial charge in [-0.25, -0.2) is 4.98 Å². The van der Waals surface area contributed by atoms with Crippen LogP contribution < -0.4 is 16.0 Å². The number of nitrogens with one attached hydrogen (secondary N) is 3. The molecule has 2 aromatic heterocycles. The van der Waals surface area contributed by atoms with Gasteiger partial charge in [0, 0.05) is 54.6 Å². The quantitative estimate of drug-likeness (QED) is 0.117. The molecule has 0 aliphatic carbocycles. The maximum absolute atomic E-state index is 12.8. The average molecular weight is 653 g/mol. The van der Waals surface area contributed by atoms with Gasteiger partial charge in [-0.3, -0.25) is 39.0 Å². The van der Waals surface area contributed by atoms with Crippen LogP contribution in [0.15, 0.2) is 61.1 Å². The third-order valence-electron chi connectivity index (χ3n) is 8.54. The molecular weight excluding hydrogens is 616 g/mol. The van der Waals surface area contributed by atoms with E-state index in [4.69, 9.17) is 9.72 Å². The van der Waals surface area contributed by atoms with Crippen molar-refractivity contribution in [3.05, 3.63) is 72.2 Å². The van der Waals surface area contributed by atoms with Gasteiger partial charge in [0.2, 0.25) is 17.7 Å². The Balaban J connectivity index is 0.889. The molecule has 2 fully saturated rings. The van der Waals surface area contributed by atoms with Gasteiger partial charge in [-0.15, -0.1) is 0 Å². The van der Waals surface area contributed by atoms with Gasteiger partial charge in [0.15, 0.2) is 6.29 Å². The Bertz CT molecular complexity index is 1830. The van der Waals surface area contributed by atoms with Crippen molar-refractivity contribution < 1.29 is 28.7 Å². The number of carbonyl (C=O) groups excluding carboxylic acids is 5. The van der Waals surface area contributed by atoms with Gasteiger partial charge in [-0.1, -0.05) is 12.1 Å². The van der Waals surface area contributed by atoms with Crippen LogP contribution in [0, 0.1) is 0 Å². The Morgan fingerprint density at radius 2 is 1.83 bits per heavy atom. The summed E-state index contributed by atoms with van der Waals surface area (Å²) in [5.74, 6) is -1.46. The van der Waals surface area contributed by atoms with E-state index in [2.05, 4.69) is 26.0 Å². The highest BCUT2D eigenvalue weighted by molar-refractivity contribution is 6.06. The number of para-hydroxylation sites is 2. The molecule has 0 saturated carbocycles. The fraction of sp³-hybridized carbons (Fsp3) is 0.353. The first-order chi connectivity index (χ1) is 23.4. The van der Waals surface area contributed by atoms with Crippen molar-refractivity contribution >= 4 is 46.6 Å². The second-order valence-electron chi connectivity index (χ2n) is 11.8. The SMILES string of the molecule is O=Cc1cc(NCCOCCC(=O)N2CCC(n3cc(-c4cnc5ccccc5n4)cn3)CC2)ccc1C(=O)NC1CCC(=O)NC1=O. The molecule has 14 nitrogen and oxygen atoms in total. The number of hydrogen-bond donors (Lipinski definition) is 3. The molecule has 2 aliphatic heterocycles. The maximum atomic E-state index is 12.8. The van der Waals surface area contributed by atoms with Crippen molar-refractivity contribution in [3.63, 3.8) is 0 Å². The summed E-state index contributed by atoms with van der Waals surface area (Å²) in [7, 11) is 0. The first-order valence-electron chi connectivity index (χ1n) is 16.0. The van der Waals surface area contributed by atoms with Gasteiger partial charge >= 0.3 is 0 Å². The van der Waals surface area contributed by atoms with Crippen molar-refractivity contribution in [1.29, 1.82) is 0 Å². The fourth-order valence-electron chi connectivity index (χ4n) is 5.88. The smallest absolute Gasteiger partial charge is 0.252 e. The minimum Gasteiger partial charge on any atom is -0.383 e. The largest absolute Gasteiger partial charge is 0.383 e. The van der Waals surface area contributed by atoms with Crippen LogP contribution in [-0.4, -0.2) is 93.5 Å². The van der Waals surface area contributed by atoms with Crippen LogP contribution in [-0.2, 0) is 19.1 Å². The van der Waals surface area contributed by atoms with E-state index >= 15 is 0 Å². The maximum Gasteiger partial charge on any atom is 0.252 e. The van der Waals surface area contributed by atoms with Crippen LogP contribution in [0.5, 0.6) is 0 Å². The molecule has 248 valence electrons. The molecular formula is C34H36N8O6. The molecule has 6 rings (SSSR count). The number of hydrogen-bond acceptors (Lipinski definition) is 10. The number of likely N-dealkylation sites (tertiary alicyclic amines) is 1. The van der Waals surface area contributed by atoms with Crippen LogP contribution in [0.4, 0.5) is 5.69 Å². The molecule has 0 bridgehead atoms. The van der Waals surface area contributed by atoms with Gasteiger partial charge in [-0.05, 0) is 49.6 Å². The van der Waals surface area contributed by atoms with Crippen LogP contribution in [0.3, 0.4) is 0 Å². The summed E-state index contributed by atoms with van der Waals surface area (Å²) in [5.41, 5.74) is 4.28. The fourth-order valence-corrected chi connectivity index (χ4v) is 5.88. The van der Waals surface area contributed by atoms with Crippen molar-refractivity contribution in [2.75, 3.05) is 38.2 Å². The summed E-state index contributed by atoms with van der Waals surface area (Å²) in [4.78, 5) is 71.5. The number of imide groups is 1. The van der Waals surface area contributed by atoms with E-state index in [1.807, 2.05) is 46.2 Å². The number of aldehydes is 1. The zero-order valence-electron chi connectivity index (χ0n) is 26.3. The van der Waals surface area contributed by atoms with E-state index in [0.717, 1.165) is 35.1 Å². The number of rotatable bonds is 12. The van der Waals surface area contributed by atoms with Gasteiger partial charge in [-0.2, -0.15) is 5.10 Å². The summed E-state index contributed by atoms with van der Waals surface area (Å²) in [6, 6.07) is 11.8. The predicted octanol–water partition coefficient (Wildman–Crippen LogP) is 2.52. The lowest BCUT2D eigenvalue weighted by molar-refractivity contribution is -0.135. The third kappa shape index (κ3) is 7.72. The Morgan fingerprint density at radius 1 is 1.02 bits per heavy atom. The Hall–Kier alpha value is -5.50. The van der Waals surface area contributed by atoms with Crippen molar-refractivity contribution in [2.24, 2.45) is 0 Å². The lowest BCUT2D eigenvalue weighted by atomic mass is 10.0. The van der Waals surface area contributed by atoms with Gasteiger partial charge in [0.1, 0.15) is 6.04 Å². The highest BCUT2D eigenvalue weighted by Crippen LogP contribution is 2.26. The molecule has 2 saturated heterocycles. The summed E-state index contributed by atoms with van der Waals surface area (Å²) in [5, 5.41) is 12.5. The molecule has 2 aliphatic rings. The zero-order valence-corrected chi connectivity index (χ0v) is 26.3. The van der Waals surface area contributed by atoms with E-state index in [9.17, 15) is 24.0 Å². The lowest BCUT2D eigenvalue weighted by Gasteiger charge is -2.32. The molecule has 2 aromatic carbocycles. The molecule has 4 amide bonds. The van der Waals surface area contributed by atoms with Crippen LogP contribution in [0.1, 0.15) is 58.9 Å². The molecule has 0 radical (unpaired) electrons. The number of anilines is 1. The number of carbonyl (C=O) groups is 5. The van der Waals surface area contributed by atoms with E-state index in [1.165, 1.54) is 6.07 Å². The molecule has 48 heavy (non-hydrogen) atoms. The highest BCUT2D eigenvalue weighted by atomic mass is 16.5. The van der Waals surface area contributed by atoms with E-state index in [1.54, 1.807) is 18.3 Å². The number of aromatic nitrogens is 4. The minimum atomic E-state index is -0.836. The Morgan fingerprint density at radius 3 is 2.62 bits per heavy atom. The van der Waals surface area contributed by atoms with Gasteiger partial charge in [0.05, 0.1) is 54.8 Å². The summed E-state index contributed by atoms with van der Waals surface area (Å²) < 4.78 is 7.63. The molecule has 3 N–H and O–H groups in total. The first kappa shape index (κ1) is 32.4. The van der Waals surface area contributed by atoms with Gasteiger partial charge < -0.3 is 20.3 Å². The molecule has 1 atom stereocenters. The van der Waals surface area contributed by atoms with Crippen LogP contribution >= 0.6 is 0 Å². The van der Waals surface area contributed by atoms with Crippen molar-refractivity contribution in [1.82, 2.24) is 35.3 Å². The molecule has 14 heteroatoms. The molecule has 4 aromatic rings. The third-order valence-corrected chi connectivity index (χ3v) is 8.54. The average Bonchev–Trinajstić information content (AvgIpc) is 3.61. The first-order valence-corrected chi connectivity index (χ1v) is 16.0. The minimum absolute atomic E-state index is 0.0517. The van der Waals surface area contributed by atoms with E-state index in [0.29, 0.717) is 38.2 Å². The number of ether oxygens (including phenoxy) is 1. The normalized spacial score (nSPS) is 16.8. The topological polar surface area (TPSA) is 178 Å². The van der Waals surface area contributed by atoms with Crippen molar-refractivity contribution in [3.8, 4) is 11.3 Å². The number of nitrogens with zero attached hydrogens (tertiary/aromatic N) is 5. The number of benzene rings is 2. The predicted molar refractivity (Wildman–Crippen MR) is 175 cm³/mol. The highest BCUT2D eigenvalue weighted by Gasteiger charge is 2.29. The number of fused-ring (bicyclic) bond motifs is 1. The molecule has 0 spiro atoms. The lowest BCUT2D eigenvalue weighted by Crippen LogP contribution is -2.52. The van der Waals surface area contributed by atoms with Gasteiger partial charge in [0.25, 0.3) is 5.91 Å². The van der Waals surface area contributed by atoms with E-state index < -0.39 is 17.9 Å². The summed E-state index contributed by atoms with van der Waals surface area (Å²) in [6.45, 7) is 2.35. The van der Waals surface area contributed by atoms with E-state index in [-0.39, 0.29) is 54.9 Å². The molecule has 1 unspecified atom stereocenters. The number of amides is 4.